The minimum Gasteiger partial charge on any atom is -0.293 e. The number of nitrogens with zero attached hydrogens (tertiary/aromatic N) is 2. The van der Waals surface area contributed by atoms with E-state index in [1.807, 2.05) is 61.5 Å². The molecule has 2 rings (SSSR count). The van der Waals surface area contributed by atoms with Gasteiger partial charge in [-0.25, -0.2) is 0 Å². The zero-order valence-corrected chi connectivity index (χ0v) is 13.0. The molecule has 22 heavy (non-hydrogen) atoms. The van der Waals surface area contributed by atoms with E-state index in [9.17, 15) is 4.79 Å². The Balaban J connectivity index is 2.23. The number of carbonyl (C=O) groups is 1. The third kappa shape index (κ3) is 4.38. The van der Waals surface area contributed by atoms with E-state index in [1.54, 1.807) is 6.92 Å². The molecule has 0 aliphatic rings. The first kappa shape index (κ1) is 15.6. The largest absolute Gasteiger partial charge is 0.293 e. The van der Waals surface area contributed by atoms with Gasteiger partial charge in [-0.1, -0.05) is 35.9 Å². The molecule has 0 spiro atoms. The molecule has 0 amide bonds. The highest BCUT2D eigenvalue weighted by molar-refractivity contribution is 6.66. The molecular formula is C18H19N3O. The van der Waals surface area contributed by atoms with Crippen molar-refractivity contribution in [2.24, 2.45) is 10.1 Å². The van der Waals surface area contributed by atoms with Crippen LogP contribution >= 0.6 is 0 Å². The number of Topliss-reactive ketones (excluding diaryl/α,β-unsaturated/α-hetero) is 1. The van der Waals surface area contributed by atoms with E-state index in [-0.39, 0.29) is 5.78 Å². The molecule has 0 saturated carbocycles. The third-order valence-corrected chi connectivity index (χ3v) is 3.08. The minimum absolute atomic E-state index is 0.128. The number of hydrogen-bond acceptors (Lipinski definition) is 4. The summed E-state index contributed by atoms with van der Waals surface area (Å²) >= 11 is 0. The van der Waals surface area contributed by atoms with Crippen LogP contribution in [0.1, 0.15) is 19.4 Å². The van der Waals surface area contributed by atoms with E-state index in [0.717, 1.165) is 11.4 Å². The Morgan fingerprint density at radius 2 is 1.59 bits per heavy atom. The van der Waals surface area contributed by atoms with Crippen LogP contribution in [0.25, 0.3) is 0 Å². The number of anilines is 1. The number of ketones is 1. The second-order valence-electron chi connectivity index (χ2n) is 5.03. The average molecular weight is 293 g/mol. The first-order valence-electron chi connectivity index (χ1n) is 7.08. The number of carbonyl (C=O) groups excluding carboxylic acids is 1. The third-order valence-electron chi connectivity index (χ3n) is 3.08. The maximum absolute atomic E-state index is 11.8. The van der Waals surface area contributed by atoms with Crippen LogP contribution in [-0.2, 0) is 4.79 Å². The lowest BCUT2D eigenvalue weighted by Gasteiger charge is -2.05. The predicted molar refractivity (Wildman–Crippen MR) is 92.1 cm³/mol. The van der Waals surface area contributed by atoms with E-state index in [1.165, 1.54) is 12.5 Å². The highest BCUT2D eigenvalue weighted by atomic mass is 16.1. The molecule has 0 saturated heterocycles. The van der Waals surface area contributed by atoms with E-state index >= 15 is 0 Å². The molecular weight excluding hydrogens is 274 g/mol. The number of para-hydroxylation sites is 1. The molecule has 0 bridgehead atoms. The van der Waals surface area contributed by atoms with Gasteiger partial charge in [0.25, 0.3) is 0 Å². The summed E-state index contributed by atoms with van der Waals surface area (Å²) in [6.07, 6.45) is 0. The van der Waals surface area contributed by atoms with Gasteiger partial charge in [-0.05, 0) is 38.1 Å². The van der Waals surface area contributed by atoms with Crippen molar-refractivity contribution in [1.29, 1.82) is 0 Å². The highest BCUT2D eigenvalue weighted by Gasteiger charge is 2.10. The molecule has 0 aliphatic carbocycles. The van der Waals surface area contributed by atoms with Crippen LogP contribution in [0.2, 0.25) is 0 Å². The fourth-order valence-corrected chi connectivity index (χ4v) is 1.91. The number of hydrogen-bond donors (Lipinski definition) is 1. The summed E-state index contributed by atoms with van der Waals surface area (Å²) in [5.41, 5.74) is 6.59. The molecule has 0 unspecified atom stereocenters. The maximum Gasteiger partial charge on any atom is 0.181 e. The van der Waals surface area contributed by atoms with Crippen LogP contribution in [0, 0.1) is 6.92 Å². The predicted octanol–water partition coefficient (Wildman–Crippen LogP) is 4.14. The Kier molecular flexibility index (Phi) is 5.20. The second-order valence-corrected chi connectivity index (χ2v) is 5.03. The van der Waals surface area contributed by atoms with Gasteiger partial charge in [0.2, 0.25) is 0 Å². The van der Waals surface area contributed by atoms with E-state index in [4.69, 9.17) is 0 Å². The van der Waals surface area contributed by atoms with Crippen LogP contribution in [0.5, 0.6) is 0 Å². The molecule has 0 radical (unpaired) electrons. The van der Waals surface area contributed by atoms with Crippen molar-refractivity contribution >= 4 is 28.6 Å². The van der Waals surface area contributed by atoms with Crippen molar-refractivity contribution in [3.05, 3.63) is 60.2 Å². The minimum atomic E-state index is -0.128. The molecule has 0 aromatic heterocycles. The van der Waals surface area contributed by atoms with Gasteiger partial charge in [0.15, 0.2) is 5.78 Å². The number of aryl methyl sites for hydroxylation is 1. The van der Waals surface area contributed by atoms with Crippen LogP contribution in [0.3, 0.4) is 0 Å². The van der Waals surface area contributed by atoms with Crippen molar-refractivity contribution < 1.29 is 4.79 Å². The van der Waals surface area contributed by atoms with Crippen molar-refractivity contribution in [2.45, 2.75) is 20.8 Å². The van der Waals surface area contributed by atoms with Crippen molar-refractivity contribution in [3.63, 3.8) is 0 Å². The summed E-state index contributed by atoms with van der Waals surface area (Å²) < 4.78 is 0. The zero-order chi connectivity index (χ0) is 15.9. The summed E-state index contributed by atoms with van der Waals surface area (Å²) in [7, 11) is 0. The number of benzene rings is 2. The van der Waals surface area contributed by atoms with E-state index in [2.05, 4.69) is 15.5 Å². The van der Waals surface area contributed by atoms with Gasteiger partial charge in [0.1, 0.15) is 5.71 Å². The number of nitrogens with one attached hydrogen (secondary N) is 1. The quantitative estimate of drug-likeness (QED) is 0.665. The Labute approximate surface area is 130 Å². The van der Waals surface area contributed by atoms with Gasteiger partial charge in [0.05, 0.1) is 17.1 Å². The molecule has 0 heterocycles. The summed E-state index contributed by atoms with van der Waals surface area (Å²) in [4.78, 5) is 16.3. The van der Waals surface area contributed by atoms with Crippen molar-refractivity contribution in [1.82, 2.24) is 0 Å². The van der Waals surface area contributed by atoms with Crippen LogP contribution < -0.4 is 5.43 Å². The summed E-state index contributed by atoms with van der Waals surface area (Å²) in [6.45, 7) is 5.29. The van der Waals surface area contributed by atoms with Gasteiger partial charge in [-0.3, -0.25) is 15.2 Å². The summed E-state index contributed by atoms with van der Waals surface area (Å²) in [6, 6.07) is 17.3. The first-order chi connectivity index (χ1) is 10.6. The van der Waals surface area contributed by atoms with Crippen molar-refractivity contribution in [3.8, 4) is 0 Å². The molecule has 0 aliphatic heterocycles. The lowest BCUT2D eigenvalue weighted by molar-refractivity contribution is -0.110. The smallest absolute Gasteiger partial charge is 0.181 e. The Hall–Kier alpha value is -2.75. The van der Waals surface area contributed by atoms with Crippen LogP contribution in [0.4, 0.5) is 11.4 Å². The molecule has 4 nitrogen and oxygen atoms in total. The van der Waals surface area contributed by atoms with E-state index in [0.29, 0.717) is 11.4 Å². The monoisotopic (exact) mass is 293 g/mol. The molecule has 4 heteroatoms. The first-order valence-corrected chi connectivity index (χ1v) is 7.08. The van der Waals surface area contributed by atoms with Gasteiger partial charge < -0.3 is 0 Å². The van der Waals surface area contributed by atoms with E-state index < -0.39 is 0 Å². The van der Waals surface area contributed by atoms with Gasteiger partial charge in [-0.15, -0.1) is 0 Å². The van der Waals surface area contributed by atoms with Crippen molar-refractivity contribution in [2.75, 3.05) is 5.43 Å². The molecule has 2 aromatic carbocycles. The lowest BCUT2D eigenvalue weighted by atomic mass is 10.2. The van der Waals surface area contributed by atoms with Gasteiger partial charge in [0, 0.05) is 6.92 Å². The molecule has 112 valence electrons. The average Bonchev–Trinajstić information content (AvgIpc) is 2.50. The molecule has 0 fully saturated rings. The molecule has 2 aromatic rings. The van der Waals surface area contributed by atoms with Crippen LogP contribution in [0.15, 0.2) is 64.7 Å². The fraction of sp³-hybridized carbons (Fsp3) is 0.167. The maximum atomic E-state index is 11.8. The number of hydrazone groups is 1. The Morgan fingerprint density at radius 1 is 0.955 bits per heavy atom. The van der Waals surface area contributed by atoms with Gasteiger partial charge in [-0.2, -0.15) is 5.10 Å². The Bertz CT molecular complexity index is 701. The van der Waals surface area contributed by atoms with Crippen LogP contribution in [-0.4, -0.2) is 17.2 Å². The normalized spacial score (nSPS) is 12.1. The summed E-state index contributed by atoms with van der Waals surface area (Å²) in [5, 5.41) is 4.19. The molecule has 0 atom stereocenters. The van der Waals surface area contributed by atoms with Gasteiger partial charge >= 0.3 is 0 Å². The standard InChI is InChI=1S/C18H19N3O/c1-13-9-11-16(12-10-13)19-14(2)18(15(3)22)21-20-17-7-5-4-6-8-17/h4-12,20H,1-3H3/b19-14?,21-18+. The summed E-state index contributed by atoms with van der Waals surface area (Å²) in [5.74, 6) is -0.128. The number of rotatable bonds is 5. The topological polar surface area (TPSA) is 53.8 Å². The lowest BCUT2D eigenvalue weighted by Crippen LogP contribution is -2.20. The second kappa shape index (κ2) is 7.31. The SMILES string of the molecule is CC(=O)/C(=N/Nc1ccccc1)C(C)=Nc1ccc(C)cc1. The Morgan fingerprint density at radius 3 is 2.18 bits per heavy atom. The fourth-order valence-electron chi connectivity index (χ4n) is 1.91. The molecule has 1 N–H and O–H groups in total. The number of aliphatic imine (C=N–C) groups is 1. The highest BCUT2D eigenvalue weighted by Crippen LogP contribution is 2.13. The zero-order valence-electron chi connectivity index (χ0n) is 13.0.